The molecule has 2 aromatic rings. The Balaban J connectivity index is 1.98. The van der Waals surface area contributed by atoms with E-state index in [4.69, 9.17) is 23.2 Å². The molecule has 3 heteroatoms. The van der Waals surface area contributed by atoms with Gasteiger partial charge in [-0.15, -0.1) is 0 Å². The van der Waals surface area contributed by atoms with Crippen molar-refractivity contribution in [3.8, 4) is 0 Å². The first-order valence-electron chi connectivity index (χ1n) is 7.66. The molecule has 2 aromatic carbocycles. The number of benzene rings is 2. The molecule has 0 saturated heterocycles. The van der Waals surface area contributed by atoms with E-state index >= 15 is 0 Å². The van der Waals surface area contributed by atoms with Gasteiger partial charge in [-0.2, -0.15) is 0 Å². The highest BCUT2D eigenvalue weighted by Crippen LogP contribution is 2.45. The third kappa shape index (κ3) is 3.17. The van der Waals surface area contributed by atoms with Crippen molar-refractivity contribution in [2.75, 3.05) is 0 Å². The molecule has 0 saturated carbocycles. The fraction of sp³-hybridized carbons (Fsp3) is 0.368. The van der Waals surface area contributed by atoms with Gasteiger partial charge in [0, 0.05) is 17.5 Å². The van der Waals surface area contributed by atoms with Crippen LogP contribution < -0.4 is 5.32 Å². The van der Waals surface area contributed by atoms with Crippen LogP contribution in [0.2, 0.25) is 10.0 Å². The van der Waals surface area contributed by atoms with E-state index in [1.165, 1.54) is 16.7 Å². The van der Waals surface area contributed by atoms with Crippen LogP contribution in [0.25, 0.3) is 0 Å². The zero-order chi connectivity index (χ0) is 15.9. The molecule has 0 bridgehead atoms. The highest BCUT2D eigenvalue weighted by molar-refractivity contribution is 6.42. The monoisotopic (exact) mass is 333 g/mol. The van der Waals surface area contributed by atoms with E-state index in [2.05, 4.69) is 56.4 Å². The normalized spacial score (nSPS) is 21.0. The van der Waals surface area contributed by atoms with Crippen molar-refractivity contribution < 1.29 is 0 Å². The van der Waals surface area contributed by atoms with Gasteiger partial charge in [0.2, 0.25) is 0 Å². The van der Waals surface area contributed by atoms with Crippen LogP contribution in [-0.2, 0) is 0 Å². The topological polar surface area (TPSA) is 12.0 Å². The van der Waals surface area contributed by atoms with Crippen LogP contribution in [-0.4, -0.2) is 5.54 Å². The summed E-state index contributed by atoms with van der Waals surface area (Å²) in [6.45, 7) is 6.63. The Morgan fingerprint density at radius 1 is 0.955 bits per heavy atom. The summed E-state index contributed by atoms with van der Waals surface area (Å²) >= 11 is 12.3. The predicted molar refractivity (Wildman–Crippen MR) is 95.0 cm³/mol. The van der Waals surface area contributed by atoms with E-state index in [9.17, 15) is 0 Å². The molecule has 1 aliphatic rings. The first-order chi connectivity index (χ1) is 10.3. The SMILES string of the molecule is CC(C)(C)N[C@H]1C[C@H](c2ccc(Cl)c(Cl)c2)c2ccccc21. The van der Waals surface area contributed by atoms with E-state index in [-0.39, 0.29) is 5.54 Å². The van der Waals surface area contributed by atoms with Crippen molar-refractivity contribution in [2.45, 2.75) is 44.7 Å². The van der Waals surface area contributed by atoms with Crippen molar-refractivity contribution in [3.05, 3.63) is 69.2 Å². The largest absolute Gasteiger partial charge is 0.305 e. The number of hydrogen-bond donors (Lipinski definition) is 1. The van der Waals surface area contributed by atoms with Gasteiger partial charge in [0.25, 0.3) is 0 Å². The average molecular weight is 334 g/mol. The molecule has 1 N–H and O–H groups in total. The number of rotatable bonds is 2. The van der Waals surface area contributed by atoms with Crippen LogP contribution in [0.3, 0.4) is 0 Å². The van der Waals surface area contributed by atoms with Gasteiger partial charge in [-0.25, -0.2) is 0 Å². The molecule has 0 unspecified atom stereocenters. The van der Waals surface area contributed by atoms with Crippen molar-refractivity contribution in [1.29, 1.82) is 0 Å². The molecule has 22 heavy (non-hydrogen) atoms. The second-order valence-electron chi connectivity index (χ2n) is 7.04. The molecule has 0 radical (unpaired) electrons. The van der Waals surface area contributed by atoms with E-state index in [0.717, 1.165) is 6.42 Å². The molecule has 0 spiro atoms. The molecular weight excluding hydrogens is 313 g/mol. The fourth-order valence-corrected chi connectivity index (χ4v) is 3.65. The zero-order valence-corrected chi connectivity index (χ0v) is 14.7. The van der Waals surface area contributed by atoms with Gasteiger partial charge in [0.1, 0.15) is 0 Å². The van der Waals surface area contributed by atoms with Crippen LogP contribution in [0, 0.1) is 0 Å². The van der Waals surface area contributed by atoms with Crippen LogP contribution in [0.4, 0.5) is 0 Å². The lowest BCUT2D eigenvalue weighted by Gasteiger charge is -2.26. The van der Waals surface area contributed by atoms with Crippen molar-refractivity contribution >= 4 is 23.2 Å². The highest BCUT2D eigenvalue weighted by Gasteiger charge is 2.33. The second kappa shape index (κ2) is 5.88. The number of fused-ring (bicyclic) bond motifs is 1. The van der Waals surface area contributed by atoms with E-state index in [1.807, 2.05) is 12.1 Å². The Morgan fingerprint density at radius 3 is 2.27 bits per heavy atom. The van der Waals surface area contributed by atoms with Crippen molar-refractivity contribution in [1.82, 2.24) is 5.32 Å². The van der Waals surface area contributed by atoms with Crippen LogP contribution in [0.5, 0.6) is 0 Å². The standard InChI is InChI=1S/C19H21Cl2N/c1-19(2,3)22-18-11-15(13-6-4-5-7-14(13)18)12-8-9-16(20)17(21)10-12/h4-10,15,18,22H,11H2,1-3H3/t15-,18+/m1/s1. The summed E-state index contributed by atoms with van der Waals surface area (Å²) in [4.78, 5) is 0. The van der Waals surface area contributed by atoms with Gasteiger partial charge in [-0.05, 0) is 56.0 Å². The Hall–Kier alpha value is -1.02. The average Bonchev–Trinajstić information content (AvgIpc) is 2.79. The summed E-state index contributed by atoms with van der Waals surface area (Å²) in [6.07, 6.45) is 1.05. The molecule has 0 aromatic heterocycles. The molecule has 0 fully saturated rings. The van der Waals surface area contributed by atoms with Gasteiger partial charge >= 0.3 is 0 Å². The van der Waals surface area contributed by atoms with Crippen LogP contribution >= 0.6 is 23.2 Å². The molecular formula is C19H21Cl2N. The summed E-state index contributed by atoms with van der Waals surface area (Å²) in [5.41, 5.74) is 4.11. The Labute approximate surface area is 142 Å². The third-order valence-corrected chi connectivity index (χ3v) is 4.91. The zero-order valence-electron chi connectivity index (χ0n) is 13.2. The van der Waals surface area contributed by atoms with E-state index < -0.39 is 0 Å². The third-order valence-electron chi connectivity index (χ3n) is 4.17. The molecule has 2 atom stereocenters. The first-order valence-corrected chi connectivity index (χ1v) is 8.42. The minimum Gasteiger partial charge on any atom is -0.305 e. The lowest BCUT2D eigenvalue weighted by Crippen LogP contribution is -2.38. The second-order valence-corrected chi connectivity index (χ2v) is 7.85. The molecule has 3 rings (SSSR count). The Bertz CT molecular complexity index is 688. The molecule has 116 valence electrons. The maximum absolute atomic E-state index is 6.21. The Morgan fingerprint density at radius 2 is 1.64 bits per heavy atom. The number of halogens is 2. The molecule has 1 aliphatic carbocycles. The van der Waals surface area contributed by atoms with Gasteiger partial charge in [0.15, 0.2) is 0 Å². The van der Waals surface area contributed by atoms with Gasteiger partial charge < -0.3 is 5.32 Å². The van der Waals surface area contributed by atoms with Crippen LogP contribution in [0.1, 0.15) is 55.8 Å². The smallest absolute Gasteiger partial charge is 0.0595 e. The van der Waals surface area contributed by atoms with Gasteiger partial charge in [-0.3, -0.25) is 0 Å². The minimum atomic E-state index is 0.0876. The number of hydrogen-bond acceptors (Lipinski definition) is 1. The maximum atomic E-state index is 6.21. The van der Waals surface area contributed by atoms with Crippen molar-refractivity contribution in [3.63, 3.8) is 0 Å². The summed E-state index contributed by atoms with van der Waals surface area (Å²) < 4.78 is 0. The minimum absolute atomic E-state index is 0.0876. The van der Waals surface area contributed by atoms with Gasteiger partial charge in [0.05, 0.1) is 10.0 Å². The Kier molecular flexibility index (Phi) is 4.24. The lowest BCUT2D eigenvalue weighted by atomic mass is 9.93. The van der Waals surface area contributed by atoms with E-state index in [0.29, 0.717) is 22.0 Å². The fourth-order valence-electron chi connectivity index (χ4n) is 3.34. The molecule has 0 heterocycles. The molecule has 0 amide bonds. The highest BCUT2D eigenvalue weighted by atomic mass is 35.5. The molecule has 0 aliphatic heterocycles. The quantitative estimate of drug-likeness (QED) is 0.715. The van der Waals surface area contributed by atoms with Crippen LogP contribution in [0.15, 0.2) is 42.5 Å². The summed E-state index contributed by atoms with van der Waals surface area (Å²) in [5, 5.41) is 4.98. The predicted octanol–water partition coefficient (Wildman–Crippen LogP) is 5.96. The van der Waals surface area contributed by atoms with Crippen molar-refractivity contribution in [2.24, 2.45) is 0 Å². The van der Waals surface area contributed by atoms with Gasteiger partial charge in [-0.1, -0.05) is 53.5 Å². The maximum Gasteiger partial charge on any atom is 0.0595 e. The molecule has 1 nitrogen and oxygen atoms in total. The lowest BCUT2D eigenvalue weighted by molar-refractivity contribution is 0.357. The first kappa shape index (κ1) is 15.9. The summed E-state index contributed by atoms with van der Waals surface area (Å²) in [7, 11) is 0. The summed E-state index contributed by atoms with van der Waals surface area (Å²) in [5.74, 6) is 0.366. The number of nitrogens with one attached hydrogen (secondary N) is 1. The van der Waals surface area contributed by atoms with E-state index in [1.54, 1.807) is 0 Å². The summed E-state index contributed by atoms with van der Waals surface area (Å²) in [6, 6.07) is 15.1.